The Hall–Kier alpha value is -3.85. The summed E-state index contributed by atoms with van der Waals surface area (Å²) in [4.78, 5) is 38.8. The number of hydrogen-bond donors (Lipinski definition) is 1. The SMILES string of the molecule is COc1ccc(-n2c(C)cc(/C=C3\SC(=O)N(CC(=O)Nc4ccc(F)cc4)C3=O)c2C)cc1. The van der Waals surface area contributed by atoms with Crippen molar-refractivity contribution in [2.75, 3.05) is 19.0 Å². The van der Waals surface area contributed by atoms with Crippen molar-refractivity contribution < 1.29 is 23.5 Å². The lowest BCUT2D eigenvalue weighted by atomic mass is 10.2. The van der Waals surface area contributed by atoms with Gasteiger partial charge in [-0.3, -0.25) is 19.3 Å². The Bertz CT molecular complexity index is 1300. The number of aryl methyl sites for hydroxylation is 1. The Morgan fingerprint density at radius 3 is 2.41 bits per heavy atom. The predicted molar refractivity (Wildman–Crippen MR) is 130 cm³/mol. The highest BCUT2D eigenvalue weighted by atomic mass is 32.2. The number of methoxy groups -OCH3 is 1. The zero-order chi connectivity index (χ0) is 24.4. The highest BCUT2D eigenvalue weighted by Gasteiger charge is 2.36. The molecule has 0 aliphatic carbocycles. The highest BCUT2D eigenvalue weighted by Crippen LogP contribution is 2.34. The van der Waals surface area contributed by atoms with Crippen LogP contribution in [0.25, 0.3) is 11.8 Å². The molecule has 0 unspecified atom stereocenters. The second-order valence-corrected chi connectivity index (χ2v) is 8.68. The van der Waals surface area contributed by atoms with Gasteiger partial charge in [0.15, 0.2) is 0 Å². The Morgan fingerprint density at radius 1 is 1.09 bits per heavy atom. The Kier molecular flexibility index (Phi) is 6.56. The lowest BCUT2D eigenvalue weighted by molar-refractivity contribution is -0.127. The number of halogens is 1. The molecule has 7 nitrogen and oxygen atoms in total. The van der Waals surface area contributed by atoms with Crippen LogP contribution in [0.4, 0.5) is 14.9 Å². The lowest BCUT2D eigenvalue weighted by Crippen LogP contribution is -2.36. The molecule has 0 radical (unpaired) electrons. The molecule has 9 heteroatoms. The average Bonchev–Trinajstić information content (AvgIpc) is 3.24. The van der Waals surface area contributed by atoms with E-state index in [2.05, 4.69) is 5.32 Å². The standard InChI is InChI=1S/C25H22FN3O4S/c1-15-12-17(16(2)29(15)20-8-10-21(33-3)11-9-20)13-22-24(31)28(25(32)34-22)14-23(30)27-19-6-4-18(26)5-7-19/h4-13H,14H2,1-3H3,(H,27,30)/b22-13-. The molecule has 34 heavy (non-hydrogen) atoms. The van der Waals surface area contributed by atoms with Gasteiger partial charge in [-0.2, -0.15) is 0 Å². The van der Waals surface area contributed by atoms with Crippen LogP contribution < -0.4 is 10.1 Å². The second-order valence-electron chi connectivity index (χ2n) is 7.68. The van der Waals surface area contributed by atoms with Crippen molar-refractivity contribution in [3.8, 4) is 11.4 Å². The van der Waals surface area contributed by atoms with E-state index >= 15 is 0 Å². The highest BCUT2D eigenvalue weighted by molar-refractivity contribution is 8.18. The molecule has 4 rings (SSSR count). The number of nitrogens with one attached hydrogen (secondary N) is 1. The zero-order valence-corrected chi connectivity index (χ0v) is 19.6. The maximum atomic E-state index is 13.0. The van der Waals surface area contributed by atoms with E-state index in [-0.39, 0.29) is 4.91 Å². The molecule has 0 spiro atoms. The van der Waals surface area contributed by atoms with Crippen molar-refractivity contribution >= 4 is 40.6 Å². The number of ether oxygens (including phenoxy) is 1. The molecular weight excluding hydrogens is 457 g/mol. The summed E-state index contributed by atoms with van der Waals surface area (Å²) in [5, 5.41) is 2.04. The van der Waals surface area contributed by atoms with Gasteiger partial charge in [-0.25, -0.2) is 4.39 Å². The summed E-state index contributed by atoms with van der Waals surface area (Å²) in [6.45, 7) is 3.47. The predicted octanol–water partition coefficient (Wildman–Crippen LogP) is 4.92. The van der Waals surface area contributed by atoms with Gasteiger partial charge >= 0.3 is 0 Å². The molecule has 3 aromatic rings. The fraction of sp³-hybridized carbons (Fsp3) is 0.160. The first-order valence-corrected chi connectivity index (χ1v) is 11.2. The van der Waals surface area contributed by atoms with E-state index in [1.807, 2.05) is 48.7 Å². The number of thioether (sulfide) groups is 1. The third-order valence-electron chi connectivity index (χ3n) is 5.39. The van der Waals surface area contributed by atoms with Gasteiger partial charge in [0.05, 0.1) is 12.0 Å². The summed E-state index contributed by atoms with van der Waals surface area (Å²) in [6, 6.07) is 14.8. The fourth-order valence-corrected chi connectivity index (χ4v) is 4.55. The number of benzene rings is 2. The molecule has 0 saturated carbocycles. The van der Waals surface area contributed by atoms with E-state index in [4.69, 9.17) is 4.74 Å². The number of hydrogen-bond acceptors (Lipinski definition) is 5. The molecule has 1 N–H and O–H groups in total. The molecule has 0 atom stereocenters. The Balaban J connectivity index is 1.51. The van der Waals surface area contributed by atoms with Crippen molar-refractivity contribution in [2.45, 2.75) is 13.8 Å². The van der Waals surface area contributed by atoms with Crippen molar-refractivity contribution in [1.82, 2.24) is 9.47 Å². The van der Waals surface area contributed by atoms with Gasteiger partial charge < -0.3 is 14.6 Å². The molecule has 0 bridgehead atoms. The zero-order valence-electron chi connectivity index (χ0n) is 18.8. The van der Waals surface area contributed by atoms with Crippen molar-refractivity contribution in [3.05, 3.63) is 82.3 Å². The van der Waals surface area contributed by atoms with E-state index < -0.39 is 29.4 Å². The van der Waals surface area contributed by atoms with E-state index in [0.717, 1.165) is 45.1 Å². The topological polar surface area (TPSA) is 80.6 Å². The quantitative estimate of drug-likeness (QED) is 0.508. The van der Waals surface area contributed by atoms with Crippen LogP contribution in [0.2, 0.25) is 0 Å². The van der Waals surface area contributed by atoms with Crippen LogP contribution in [0.15, 0.2) is 59.5 Å². The summed E-state index contributed by atoms with van der Waals surface area (Å²) < 4.78 is 20.3. The van der Waals surface area contributed by atoms with Gasteiger partial charge in [0.25, 0.3) is 11.1 Å². The van der Waals surface area contributed by atoms with Crippen LogP contribution in [0.3, 0.4) is 0 Å². The number of nitrogens with zero attached hydrogens (tertiary/aromatic N) is 2. The van der Waals surface area contributed by atoms with E-state index in [9.17, 15) is 18.8 Å². The van der Waals surface area contributed by atoms with Crippen molar-refractivity contribution in [1.29, 1.82) is 0 Å². The van der Waals surface area contributed by atoms with Crippen molar-refractivity contribution in [3.63, 3.8) is 0 Å². The number of imide groups is 1. The average molecular weight is 480 g/mol. The van der Waals surface area contributed by atoms with Gasteiger partial charge in [-0.05, 0) is 91.8 Å². The molecule has 1 saturated heterocycles. The molecule has 1 aliphatic heterocycles. The minimum Gasteiger partial charge on any atom is -0.497 e. The Labute approximate surface area is 200 Å². The van der Waals surface area contributed by atoms with Crippen LogP contribution in [-0.4, -0.2) is 40.2 Å². The molecule has 1 fully saturated rings. The Morgan fingerprint density at radius 2 is 1.76 bits per heavy atom. The number of aromatic nitrogens is 1. The first-order chi connectivity index (χ1) is 16.3. The molecule has 2 heterocycles. The monoisotopic (exact) mass is 479 g/mol. The van der Waals surface area contributed by atoms with E-state index in [1.54, 1.807) is 13.2 Å². The number of anilines is 1. The van der Waals surface area contributed by atoms with Crippen molar-refractivity contribution in [2.24, 2.45) is 0 Å². The normalized spacial score (nSPS) is 14.7. The number of rotatable bonds is 6. The van der Waals surface area contributed by atoms with Gasteiger partial charge in [0.2, 0.25) is 5.91 Å². The largest absolute Gasteiger partial charge is 0.497 e. The molecule has 1 aliphatic rings. The smallest absolute Gasteiger partial charge is 0.294 e. The summed E-state index contributed by atoms with van der Waals surface area (Å²) in [6.07, 6.45) is 1.67. The lowest BCUT2D eigenvalue weighted by Gasteiger charge is -2.12. The first kappa shape index (κ1) is 23.3. The third kappa shape index (κ3) is 4.74. The van der Waals surface area contributed by atoms with E-state index in [1.165, 1.54) is 24.3 Å². The maximum Gasteiger partial charge on any atom is 0.294 e. The number of carbonyl (C=O) groups excluding carboxylic acids is 3. The molecule has 174 valence electrons. The summed E-state index contributed by atoms with van der Waals surface area (Å²) in [7, 11) is 1.61. The fourth-order valence-electron chi connectivity index (χ4n) is 3.72. The molecule has 1 aromatic heterocycles. The van der Waals surface area contributed by atoms with Gasteiger partial charge in [0, 0.05) is 22.8 Å². The summed E-state index contributed by atoms with van der Waals surface area (Å²) >= 11 is 0.795. The molecule has 3 amide bonds. The minimum atomic E-state index is -0.548. The van der Waals surface area contributed by atoms with Gasteiger partial charge in [-0.15, -0.1) is 0 Å². The van der Waals surface area contributed by atoms with Crippen LogP contribution in [0, 0.1) is 19.7 Å². The maximum absolute atomic E-state index is 13.0. The van der Waals surface area contributed by atoms with Crippen LogP contribution in [-0.2, 0) is 9.59 Å². The van der Waals surface area contributed by atoms with Crippen LogP contribution >= 0.6 is 11.8 Å². The molecule has 2 aromatic carbocycles. The van der Waals surface area contributed by atoms with Crippen LogP contribution in [0.5, 0.6) is 5.75 Å². The third-order valence-corrected chi connectivity index (χ3v) is 6.30. The van der Waals surface area contributed by atoms with E-state index in [0.29, 0.717) is 5.69 Å². The van der Waals surface area contributed by atoms with Gasteiger partial charge in [0.1, 0.15) is 18.1 Å². The molecular formula is C25H22FN3O4S. The number of carbonyl (C=O) groups is 3. The minimum absolute atomic E-state index is 0.245. The first-order valence-electron chi connectivity index (χ1n) is 10.4. The summed E-state index contributed by atoms with van der Waals surface area (Å²) in [5.74, 6) is -0.754. The van der Waals surface area contributed by atoms with Crippen LogP contribution in [0.1, 0.15) is 17.0 Å². The second kappa shape index (κ2) is 9.56. The number of amides is 3. The van der Waals surface area contributed by atoms with Gasteiger partial charge in [-0.1, -0.05) is 0 Å². The summed E-state index contributed by atoms with van der Waals surface area (Å²) in [5.41, 5.74) is 3.99.